The number of hydrogen-bond donors (Lipinski definition) is 1. The van der Waals surface area contributed by atoms with Crippen LogP contribution in [0.2, 0.25) is 0 Å². The summed E-state index contributed by atoms with van der Waals surface area (Å²) in [4.78, 5) is 0. The number of ether oxygens (including phenoxy) is 2. The zero-order valence-corrected chi connectivity index (χ0v) is 14.6. The Bertz CT molecular complexity index is 363. The predicted octanol–water partition coefficient (Wildman–Crippen LogP) is 4.13. The van der Waals surface area contributed by atoms with Crippen molar-refractivity contribution in [2.24, 2.45) is 0 Å². The maximum absolute atomic E-state index is 5.74. The fourth-order valence-corrected chi connectivity index (χ4v) is 3.12. The Hall–Kier alpha value is -0.100. The van der Waals surface area contributed by atoms with Crippen LogP contribution in [-0.4, -0.2) is 26.9 Å². The molecule has 3 nitrogen and oxygen atoms in total. The molecule has 0 radical (unpaired) electrons. The van der Waals surface area contributed by atoms with Crippen LogP contribution in [0.5, 0.6) is 5.75 Å². The molecule has 1 aromatic rings. The summed E-state index contributed by atoms with van der Waals surface area (Å²) in [5, 5.41) is 3.13. The first-order valence-electron chi connectivity index (χ1n) is 6.52. The highest BCUT2D eigenvalue weighted by molar-refractivity contribution is 9.11. The maximum atomic E-state index is 5.74. The summed E-state index contributed by atoms with van der Waals surface area (Å²) >= 11 is 7.08. The van der Waals surface area contributed by atoms with Gasteiger partial charge in [0.25, 0.3) is 0 Å². The third-order valence-electron chi connectivity index (χ3n) is 2.56. The van der Waals surface area contributed by atoms with Gasteiger partial charge in [-0.15, -0.1) is 0 Å². The SMILES string of the molecule is CCCCOCCOc1c(Br)cc(CNC)cc1Br. The quantitative estimate of drug-likeness (QED) is 0.639. The molecule has 0 bridgehead atoms. The van der Waals surface area contributed by atoms with Crippen molar-refractivity contribution in [3.05, 3.63) is 26.6 Å². The Morgan fingerprint density at radius 1 is 1.11 bits per heavy atom. The van der Waals surface area contributed by atoms with Gasteiger partial charge in [0.2, 0.25) is 0 Å². The van der Waals surface area contributed by atoms with E-state index >= 15 is 0 Å². The number of nitrogens with one attached hydrogen (secondary N) is 1. The molecule has 0 heterocycles. The fourth-order valence-electron chi connectivity index (χ4n) is 1.61. The van der Waals surface area contributed by atoms with E-state index in [0.717, 1.165) is 40.7 Å². The Morgan fingerprint density at radius 2 is 1.79 bits per heavy atom. The molecule has 108 valence electrons. The highest BCUT2D eigenvalue weighted by Gasteiger charge is 2.08. The fraction of sp³-hybridized carbons (Fsp3) is 0.571. The van der Waals surface area contributed by atoms with Crippen LogP contribution in [0.4, 0.5) is 0 Å². The van der Waals surface area contributed by atoms with Crippen molar-refractivity contribution in [1.82, 2.24) is 5.32 Å². The minimum atomic E-state index is 0.562. The van der Waals surface area contributed by atoms with E-state index in [1.807, 2.05) is 7.05 Å². The monoisotopic (exact) mass is 393 g/mol. The summed E-state index contributed by atoms with van der Waals surface area (Å²) in [6.45, 7) is 4.98. The van der Waals surface area contributed by atoms with Gasteiger partial charge in [-0.3, -0.25) is 0 Å². The van der Waals surface area contributed by atoms with Gasteiger partial charge in [0.1, 0.15) is 12.4 Å². The Labute approximate surface area is 132 Å². The first-order chi connectivity index (χ1) is 9.19. The Morgan fingerprint density at radius 3 is 2.37 bits per heavy atom. The van der Waals surface area contributed by atoms with Gasteiger partial charge in [-0.2, -0.15) is 0 Å². The van der Waals surface area contributed by atoms with Gasteiger partial charge in [0, 0.05) is 13.2 Å². The van der Waals surface area contributed by atoms with E-state index in [1.165, 1.54) is 5.56 Å². The van der Waals surface area contributed by atoms with Crippen molar-refractivity contribution >= 4 is 31.9 Å². The lowest BCUT2D eigenvalue weighted by Gasteiger charge is -2.12. The van der Waals surface area contributed by atoms with E-state index in [9.17, 15) is 0 Å². The molecule has 0 aliphatic carbocycles. The molecule has 0 atom stereocenters. The van der Waals surface area contributed by atoms with Crippen molar-refractivity contribution < 1.29 is 9.47 Å². The van der Waals surface area contributed by atoms with Crippen LogP contribution in [0.3, 0.4) is 0 Å². The summed E-state index contributed by atoms with van der Waals surface area (Å²) in [5.41, 5.74) is 1.20. The molecule has 0 saturated heterocycles. The third-order valence-corrected chi connectivity index (χ3v) is 3.73. The van der Waals surface area contributed by atoms with Gasteiger partial charge in [0.15, 0.2) is 0 Å². The van der Waals surface area contributed by atoms with Crippen LogP contribution in [0.15, 0.2) is 21.1 Å². The van der Waals surface area contributed by atoms with Crippen LogP contribution >= 0.6 is 31.9 Å². The smallest absolute Gasteiger partial charge is 0.147 e. The third kappa shape index (κ3) is 6.25. The van der Waals surface area contributed by atoms with Crippen molar-refractivity contribution in [2.45, 2.75) is 26.3 Å². The average Bonchev–Trinajstić information content (AvgIpc) is 2.36. The Kier molecular flexibility index (Phi) is 8.70. The molecule has 0 aliphatic heterocycles. The van der Waals surface area contributed by atoms with Gasteiger partial charge in [-0.1, -0.05) is 13.3 Å². The van der Waals surface area contributed by atoms with Crippen LogP contribution in [0.25, 0.3) is 0 Å². The summed E-state index contributed by atoms with van der Waals surface area (Å²) in [6.07, 6.45) is 2.26. The van der Waals surface area contributed by atoms with E-state index in [0.29, 0.717) is 13.2 Å². The summed E-state index contributed by atoms with van der Waals surface area (Å²) in [7, 11) is 1.93. The number of halogens is 2. The molecule has 5 heteroatoms. The van der Waals surface area contributed by atoms with Crippen molar-refractivity contribution in [1.29, 1.82) is 0 Å². The second-order valence-corrected chi connectivity index (χ2v) is 5.94. The molecular formula is C14H21Br2NO2. The Balaban J connectivity index is 2.45. The standard InChI is InChI=1S/C14H21Br2NO2/c1-3-4-5-18-6-7-19-14-12(15)8-11(10-17-2)9-13(14)16/h8-9,17H,3-7,10H2,1-2H3. The van der Waals surface area contributed by atoms with Gasteiger partial charge >= 0.3 is 0 Å². The molecule has 1 aromatic carbocycles. The first-order valence-corrected chi connectivity index (χ1v) is 8.10. The number of benzene rings is 1. The zero-order valence-electron chi connectivity index (χ0n) is 11.5. The molecule has 0 aromatic heterocycles. The molecule has 0 aliphatic rings. The lowest BCUT2D eigenvalue weighted by atomic mass is 10.2. The highest BCUT2D eigenvalue weighted by atomic mass is 79.9. The summed E-state index contributed by atoms with van der Waals surface area (Å²) < 4.78 is 13.1. The molecule has 0 fully saturated rings. The van der Waals surface area contributed by atoms with E-state index < -0.39 is 0 Å². The minimum Gasteiger partial charge on any atom is -0.489 e. The number of hydrogen-bond acceptors (Lipinski definition) is 3. The molecule has 0 saturated carbocycles. The van der Waals surface area contributed by atoms with E-state index in [2.05, 4.69) is 56.2 Å². The van der Waals surface area contributed by atoms with Crippen LogP contribution < -0.4 is 10.1 Å². The van der Waals surface area contributed by atoms with Gasteiger partial charge in [-0.25, -0.2) is 0 Å². The maximum Gasteiger partial charge on any atom is 0.147 e. The molecule has 1 N–H and O–H groups in total. The van der Waals surface area contributed by atoms with Crippen LogP contribution in [0, 0.1) is 0 Å². The molecule has 0 unspecified atom stereocenters. The van der Waals surface area contributed by atoms with Gasteiger partial charge < -0.3 is 14.8 Å². The van der Waals surface area contributed by atoms with E-state index in [-0.39, 0.29) is 0 Å². The van der Waals surface area contributed by atoms with Crippen molar-refractivity contribution in [2.75, 3.05) is 26.9 Å². The van der Waals surface area contributed by atoms with E-state index in [1.54, 1.807) is 0 Å². The van der Waals surface area contributed by atoms with Gasteiger partial charge in [0.05, 0.1) is 15.6 Å². The zero-order chi connectivity index (χ0) is 14.1. The molecular weight excluding hydrogens is 374 g/mol. The van der Waals surface area contributed by atoms with Crippen molar-refractivity contribution in [3.8, 4) is 5.75 Å². The largest absolute Gasteiger partial charge is 0.489 e. The van der Waals surface area contributed by atoms with Crippen molar-refractivity contribution in [3.63, 3.8) is 0 Å². The normalized spacial score (nSPS) is 10.7. The highest BCUT2D eigenvalue weighted by Crippen LogP contribution is 2.34. The van der Waals surface area contributed by atoms with Crippen LogP contribution in [-0.2, 0) is 11.3 Å². The lowest BCUT2D eigenvalue weighted by Crippen LogP contribution is -2.09. The van der Waals surface area contributed by atoms with Gasteiger partial charge in [-0.05, 0) is 63.0 Å². The first kappa shape index (κ1) is 17.0. The molecule has 19 heavy (non-hydrogen) atoms. The second kappa shape index (κ2) is 9.75. The summed E-state index contributed by atoms with van der Waals surface area (Å²) in [5.74, 6) is 0.832. The number of rotatable bonds is 9. The topological polar surface area (TPSA) is 30.5 Å². The summed E-state index contributed by atoms with van der Waals surface area (Å²) in [6, 6.07) is 4.13. The predicted molar refractivity (Wildman–Crippen MR) is 85.8 cm³/mol. The average molecular weight is 395 g/mol. The van der Waals surface area contributed by atoms with Crippen LogP contribution in [0.1, 0.15) is 25.3 Å². The molecule has 1 rings (SSSR count). The second-order valence-electron chi connectivity index (χ2n) is 4.23. The molecule has 0 spiro atoms. The lowest BCUT2D eigenvalue weighted by molar-refractivity contribution is 0.0975. The number of unbranched alkanes of at least 4 members (excludes halogenated alkanes) is 1. The minimum absolute atomic E-state index is 0.562. The molecule has 0 amide bonds. The van der Waals surface area contributed by atoms with E-state index in [4.69, 9.17) is 9.47 Å².